The highest BCUT2D eigenvalue weighted by atomic mass is 16.5. The van der Waals surface area contributed by atoms with E-state index in [-0.39, 0.29) is 12.0 Å². The SMILES string of the molecule is COc1ccccc1CN(C)CC1COCCC1O. The van der Waals surface area contributed by atoms with Gasteiger partial charge in [-0.05, 0) is 19.5 Å². The summed E-state index contributed by atoms with van der Waals surface area (Å²) >= 11 is 0. The van der Waals surface area contributed by atoms with Crippen LogP contribution < -0.4 is 4.74 Å². The number of aliphatic hydroxyl groups is 1. The Morgan fingerprint density at radius 2 is 2.21 bits per heavy atom. The Labute approximate surface area is 114 Å². The van der Waals surface area contributed by atoms with Crippen LogP contribution in [-0.4, -0.2) is 50.0 Å². The number of hydrogen-bond donors (Lipinski definition) is 1. The third-order valence-electron chi connectivity index (χ3n) is 3.61. The maximum atomic E-state index is 9.95. The Bertz CT molecular complexity index is 397. The molecule has 0 saturated carbocycles. The van der Waals surface area contributed by atoms with Crippen molar-refractivity contribution in [3.05, 3.63) is 29.8 Å². The van der Waals surface area contributed by atoms with Gasteiger partial charge in [-0.25, -0.2) is 0 Å². The molecule has 1 saturated heterocycles. The maximum absolute atomic E-state index is 9.95. The molecule has 0 radical (unpaired) electrons. The highest BCUT2D eigenvalue weighted by Crippen LogP contribution is 2.21. The van der Waals surface area contributed by atoms with E-state index < -0.39 is 0 Å². The number of para-hydroxylation sites is 1. The van der Waals surface area contributed by atoms with Crippen LogP contribution >= 0.6 is 0 Å². The van der Waals surface area contributed by atoms with Crippen molar-refractivity contribution in [3.63, 3.8) is 0 Å². The van der Waals surface area contributed by atoms with E-state index >= 15 is 0 Å². The lowest BCUT2D eigenvalue weighted by Gasteiger charge is -2.31. The number of nitrogens with zero attached hydrogens (tertiary/aromatic N) is 1. The lowest BCUT2D eigenvalue weighted by atomic mass is 9.98. The monoisotopic (exact) mass is 265 g/mol. The summed E-state index contributed by atoms with van der Waals surface area (Å²) < 4.78 is 10.8. The summed E-state index contributed by atoms with van der Waals surface area (Å²) in [6, 6.07) is 8.04. The van der Waals surface area contributed by atoms with Crippen molar-refractivity contribution in [2.24, 2.45) is 5.92 Å². The van der Waals surface area contributed by atoms with Crippen LogP contribution in [0.1, 0.15) is 12.0 Å². The average Bonchev–Trinajstić information content (AvgIpc) is 2.42. The van der Waals surface area contributed by atoms with Gasteiger partial charge in [-0.1, -0.05) is 18.2 Å². The van der Waals surface area contributed by atoms with Crippen molar-refractivity contribution >= 4 is 0 Å². The van der Waals surface area contributed by atoms with Crippen molar-refractivity contribution in [2.45, 2.75) is 19.1 Å². The molecule has 1 aromatic rings. The molecule has 1 aliphatic rings. The van der Waals surface area contributed by atoms with Crippen molar-refractivity contribution < 1.29 is 14.6 Å². The van der Waals surface area contributed by atoms with Crippen molar-refractivity contribution in [3.8, 4) is 5.75 Å². The minimum atomic E-state index is -0.242. The van der Waals surface area contributed by atoms with Crippen molar-refractivity contribution in [1.29, 1.82) is 0 Å². The topological polar surface area (TPSA) is 41.9 Å². The van der Waals surface area contributed by atoms with E-state index in [4.69, 9.17) is 9.47 Å². The van der Waals surface area contributed by atoms with Gasteiger partial charge in [-0.2, -0.15) is 0 Å². The standard InChI is InChI=1S/C15H23NO3/c1-16(10-13-11-19-8-7-14(13)17)9-12-5-3-4-6-15(12)18-2/h3-6,13-14,17H,7-11H2,1-2H3. The van der Waals surface area contributed by atoms with Gasteiger partial charge >= 0.3 is 0 Å². The minimum absolute atomic E-state index is 0.202. The van der Waals surface area contributed by atoms with Gasteiger partial charge < -0.3 is 19.5 Å². The molecule has 0 bridgehead atoms. The molecular weight excluding hydrogens is 242 g/mol. The first-order chi connectivity index (χ1) is 9.20. The second-order valence-corrected chi connectivity index (χ2v) is 5.20. The van der Waals surface area contributed by atoms with E-state index in [9.17, 15) is 5.11 Å². The number of methoxy groups -OCH3 is 1. The van der Waals surface area contributed by atoms with Crippen LogP contribution in [0.15, 0.2) is 24.3 Å². The fourth-order valence-electron chi connectivity index (χ4n) is 2.55. The van der Waals surface area contributed by atoms with Crippen LogP contribution in [0.4, 0.5) is 0 Å². The van der Waals surface area contributed by atoms with Crippen LogP contribution in [0.25, 0.3) is 0 Å². The molecule has 0 spiro atoms. The molecule has 2 atom stereocenters. The maximum Gasteiger partial charge on any atom is 0.123 e. The number of rotatable bonds is 5. The van der Waals surface area contributed by atoms with Crippen molar-refractivity contribution in [1.82, 2.24) is 4.90 Å². The molecule has 19 heavy (non-hydrogen) atoms. The largest absolute Gasteiger partial charge is 0.496 e. The highest BCUT2D eigenvalue weighted by Gasteiger charge is 2.24. The fourth-order valence-corrected chi connectivity index (χ4v) is 2.55. The van der Waals surface area contributed by atoms with E-state index in [1.165, 1.54) is 5.56 Å². The third kappa shape index (κ3) is 3.93. The van der Waals surface area contributed by atoms with Gasteiger partial charge in [0.2, 0.25) is 0 Å². The summed E-state index contributed by atoms with van der Waals surface area (Å²) in [5.74, 6) is 1.11. The number of hydrogen-bond acceptors (Lipinski definition) is 4. The molecule has 0 aliphatic carbocycles. The van der Waals surface area contributed by atoms with Crippen LogP contribution in [-0.2, 0) is 11.3 Å². The molecule has 106 valence electrons. The van der Waals surface area contributed by atoms with Gasteiger partial charge in [0.15, 0.2) is 0 Å². The van der Waals surface area contributed by atoms with Gasteiger partial charge in [0.1, 0.15) is 5.75 Å². The van der Waals surface area contributed by atoms with Gasteiger partial charge in [0.05, 0.1) is 19.8 Å². The fraction of sp³-hybridized carbons (Fsp3) is 0.600. The summed E-state index contributed by atoms with van der Waals surface area (Å²) in [6.07, 6.45) is 0.501. The number of benzene rings is 1. The van der Waals surface area contributed by atoms with Crippen LogP contribution in [0.3, 0.4) is 0 Å². The second-order valence-electron chi connectivity index (χ2n) is 5.20. The Balaban J connectivity index is 1.91. The van der Waals surface area contributed by atoms with Gasteiger partial charge in [-0.15, -0.1) is 0 Å². The zero-order valence-electron chi connectivity index (χ0n) is 11.7. The average molecular weight is 265 g/mol. The van der Waals surface area contributed by atoms with E-state index in [0.717, 1.165) is 25.3 Å². The van der Waals surface area contributed by atoms with E-state index in [1.54, 1.807) is 7.11 Å². The zero-order chi connectivity index (χ0) is 13.7. The summed E-state index contributed by atoms with van der Waals surface area (Å²) in [4.78, 5) is 2.21. The summed E-state index contributed by atoms with van der Waals surface area (Å²) in [7, 11) is 3.76. The Hall–Kier alpha value is -1.10. The predicted molar refractivity (Wildman–Crippen MR) is 74.3 cm³/mol. The highest BCUT2D eigenvalue weighted by molar-refractivity contribution is 5.32. The molecular formula is C15H23NO3. The minimum Gasteiger partial charge on any atom is -0.496 e. The first-order valence-corrected chi connectivity index (χ1v) is 6.77. The van der Waals surface area contributed by atoms with Crippen molar-refractivity contribution in [2.75, 3.05) is 33.9 Å². The summed E-state index contributed by atoms with van der Waals surface area (Å²) in [5.41, 5.74) is 1.17. The predicted octanol–water partition coefficient (Wildman–Crippen LogP) is 1.52. The molecule has 1 N–H and O–H groups in total. The lowest BCUT2D eigenvalue weighted by Crippen LogP contribution is -2.39. The lowest BCUT2D eigenvalue weighted by molar-refractivity contribution is -0.0451. The molecule has 1 aliphatic heterocycles. The molecule has 1 aromatic carbocycles. The summed E-state index contributed by atoms with van der Waals surface area (Å²) in [6.45, 7) is 2.97. The molecule has 2 rings (SSSR count). The molecule has 4 nitrogen and oxygen atoms in total. The second kappa shape index (κ2) is 6.89. The van der Waals surface area contributed by atoms with E-state index in [2.05, 4.69) is 18.0 Å². The quantitative estimate of drug-likeness (QED) is 0.876. The Kier molecular flexibility index (Phi) is 5.19. The van der Waals surface area contributed by atoms with Crippen LogP contribution in [0, 0.1) is 5.92 Å². The molecule has 0 aromatic heterocycles. The summed E-state index contributed by atoms with van der Waals surface area (Å²) in [5, 5.41) is 9.95. The van der Waals surface area contributed by atoms with Gasteiger partial charge in [0.25, 0.3) is 0 Å². The third-order valence-corrected chi connectivity index (χ3v) is 3.61. The molecule has 4 heteroatoms. The van der Waals surface area contributed by atoms with E-state index in [0.29, 0.717) is 13.2 Å². The first-order valence-electron chi connectivity index (χ1n) is 6.77. The Morgan fingerprint density at radius 3 is 2.95 bits per heavy atom. The first kappa shape index (κ1) is 14.3. The number of ether oxygens (including phenoxy) is 2. The molecule has 1 heterocycles. The normalized spacial score (nSPS) is 23.6. The molecule has 0 amide bonds. The molecule has 1 fully saturated rings. The Morgan fingerprint density at radius 1 is 1.42 bits per heavy atom. The van der Waals surface area contributed by atoms with Crippen LogP contribution in [0.2, 0.25) is 0 Å². The van der Waals surface area contributed by atoms with E-state index in [1.807, 2.05) is 18.2 Å². The van der Waals surface area contributed by atoms with Gasteiger partial charge in [-0.3, -0.25) is 0 Å². The smallest absolute Gasteiger partial charge is 0.123 e. The molecule has 2 unspecified atom stereocenters. The number of aliphatic hydroxyl groups excluding tert-OH is 1. The van der Waals surface area contributed by atoms with Gasteiger partial charge in [0, 0.05) is 31.2 Å². The zero-order valence-corrected chi connectivity index (χ0v) is 11.7. The van der Waals surface area contributed by atoms with Crippen LogP contribution in [0.5, 0.6) is 5.75 Å².